The van der Waals surface area contributed by atoms with E-state index in [1.54, 1.807) is 18.2 Å². The van der Waals surface area contributed by atoms with E-state index in [4.69, 9.17) is 9.47 Å². The maximum Gasteiger partial charge on any atom is 0.406 e. The van der Waals surface area contributed by atoms with Gasteiger partial charge in [-0.2, -0.15) is 13.2 Å². The lowest BCUT2D eigenvalue weighted by molar-refractivity contribution is -0.172. The van der Waals surface area contributed by atoms with E-state index in [9.17, 15) is 22.8 Å². The standard InChI is InChI=1S/C16H17F3N2O4S/c1-15(9-26-7-13(22)21(15)8-16(17,18)19)14(23)20-10-2-3-11-12(6-10)25-5-4-24-11/h2-3,6H,4-5,7-9H2,1H3,(H,20,23). The van der Waals surface area contributed by atoms with Crippen molar-refractivity contribution in [1.82, 2.24) is 4.90 Å². The lowest BCUT2D eigenvalue weighted by Gasteiger charge is -2.43. The minimum absolute atomic E-state index is 0.0746. The number of ether oxygens (including phenoxy) is 2. The van der Waals surface area contributed by atoms with Crippen LogP contribution in [0, 0.1) is 0 Å². The van der Waals surface area contributed by atoms with Gasteiger partial charge in [-0.25, -0.2) is 0 Å². The first kappa shape index (κ1) is 18.7. The second-order valence-electron chi connectivity index (χ2n) is 6.17. The zero-order chi connectivity index (χ0) is 18.9. The number of thioether (sulfide) groups is 1. The number of rotatable bonds is 3. The first-order valence-electron chi connectivity index (χ1n) is 7.85. The fraction of sp³-hybridized carbons (Fsp3) is 0.500. The van der Waals surface area contributed by atoms with Crippen LogP contribution in [-0.2, 0) is 9.59 Å². The highest BCUT2D eigenvalue weighted by atomic mass is 32.2. The van der Waals surface area contributed by atoms with E-state index in [0.29, 0.717) is 35.3 Å². The molecular weight excluding hydrogens is 373 g/mol. The lowest BCUT2D eigenvalue weighted by atomic mass is 10.00. The molecule has 6 nitrogen and oxygen atoms in total. The van der Waals surface area contributed by atoms with Gasteiger partial charge in [0.1, 0.15) is 25.3 Å². The third-order valence-electron chi connectivity index (χ3n) is 4.13. The second-order valence-corrected chi connectivity index (χ2v) is 7.16. The van der Waals surface area contributed by atoms with E-state index < -0.39 is 30.1 Å². The van der Waals surface area contributed by atoms with Crippen LogP contribution in [-0.4, -0.2) is 59.7 Å². The van der Waals surface area contributed by atoms with Crippen molar-refractivity contribution in [3.8, 4) is 11.5 Å². The van der Waals surface area contributed by atoms with Crippen LogP contribution in [0.2, 0.25) is 0 Å². The molecule has 0 bridgehead atoms. The first-order valence-corrected chi connectivity index (χ1v) is 9.00. The number of hydrogen-bond donors (Lipinski definition) is 1. The first-order chi connectivity index (χ1) is 12.2. The number of hydrogen-bond acceptors (Lipinski definition) is 5. The zero-order valence-corrected chi connectivity index (χ0v) is 14.7. The molecule has 2 heterocycles. The van der Waals surface area contributed by atoms with Gasteiger partial charge in [-0.15, -0.1) is 11.8 Å². The lowest BCUT2D eigenvalue weighted by Crippen LogP contribution is -2.63. The molecule has 2 aliphatic heterocycles. The molecule has 1 aromatic rings. The monoisotopic (exact) mass is 390 g/mol. The topological polar surface area (TPSA) is 67.9 Å². The molecule has 10 heteroatoms. The van der Waals surface area contributed by atoms with Crippen LogP contribution in [0.3, 0.4) is 0 Å². The number of anilines is 1. The average molecular weight is 390 g/mol. The normalized spacial score (nSPS) is 22.9. The van der Waals surface area contributed by atoms with E-state index in [-0.39, 0.29) is 11.5 Å². The Balaban J connectivity index is 1.81. The van der Waals surface area contributed by atoms with Gasteiger partial charge in [-0.3, -0.25) is 9.59 Å². The Morgan fingerprint density at radius 3 is 2.69 bits per heavy atom. The van der Waals surface area contributed by atoms with Gasteiger partial charge in [0.2, 0.25) is 5.91 Å². The number of nitrogens with one attached hydrogen (secondary N) is 1. The average Bonchev–Trinajstić information content (AvgIpc) is 2.57. The number of nitrogens with zero attached hydrogens (tertiary/aromatic N) is 1. The molecule has 1 fully saturated rings. The van der Waals surface area contributed by atoms with E-state index in [2.05, 4.69) is 5.32 Å². The Kier molecular flexibility index (Phi) is 4.96. The van der Waals surface area contributed by atoms with E-state index in [1.807, 2.05) is 0 Å². The SMILES string of the molecule is CC1(C(=O)Nc2ccc3c(c2)OCCO3)CSCC(=O)N1CC(F)(F)F. The number of amides is 2. The molecule has 3 rings (SSSR count). The molecule has 1 unspecified atom stereocenters. The molecule has 1 saturated heterocycles. The summed E-state index contributed by atoms with van der Waals surface area (Å²) in [6.07, 6.45) is -4.59. The highest BCUT2D eigenvalue weighted by molar-refractivity contribution is 8.00. The molecule has 1 aromatic carbocycles. The van der Waals surface area contributed by atoms with Crippen molar-refractivity contribution >= 4 is 29.3 Å². The van der Waals surface area contributed by atoms with Crippen LogP contribution in [0.25, 0.3) is 0 Å². The molecule has 2 amide bonds. The summed E-state index contributed by atoms with van der Waals surface area (Å²) in [5.41, 5.74) is -1.25. The maximum absolute atomic E-state index is 12.9. The van der Waals surface area contributed by atoms with Crippen LogP contribution in [0.5, 0.6) is 11.5 Å². The zero-order valence-electron chi connectivity index (χ0n) is 13.9. The Morgan fingerprint density at radius 2 is 2.00 bits per heavy atom. The molecule has 142 valence electrons. The minimum Gasteiger partial charge on any atom is -0.486 e. The summed E-state index contributed by atoms with van der Waals surface area (Å²) in [6, 6.07) is 4.73. The third-order valence-corrected chi connectivity index (χ3v) is 5.35. The fourth-order valence-electron chi connectivity index (χ4n) is 2.79. The summed E-state index contributed by atoms with van der Waals surface area (Å²) in [4.78, 5) is 25.4. The Morgan fingerprint density at radius 1 is 1.31 bits per heavy atom. The maximum atomic E-state index is 12.9. The van der Waals surface area contributed by atoms with Crippen molar-refractivity contribution in [2.24, 2.45) is 0 Å². The predicted molar refractivity (Wildman–Crippen MR) is 89.6 cm³/mol. The molecule has 0 radical (unpaired) electrons. The van der Waals surface area contributed by atoms with Gasteiger partial charge < -0.3 is 19.7 Å². The molecule has 0 spiro atoms. The number of alkyl halides is 3. The summed E-state index contributed by atoms with van der Waals surface area (Å²) in [5.74, 6) is -0.422. The van der Waals surface area contributed by atoms with Crippen LogP contribution in [0.4, 0.5) is 18.9 Å². The highest BCUT2D eigenvalue weighted by Gasteiger charge is 2.49. The van der Waals surface area contributed by atoms with Gasteiger partial charge in [-0.05, 0) is 19.1 Å². The summed E-state index contributed by atoms with van der Waals surface area (Å²) in [6.45, 7) is 0.669. The summed E-state index contributed by atoms with van der Waals surface area (Å²) in [7, 11) is 0. The van der Waals surface area contributed by atoms with Gasteiger partial charge in [-0.1, -0.05) is 0 Å². The third kappa shape index (κ3) is 3.84. The quantitative estimate of drug-likeness (QED) is 0.858. The van der Waals surface area contributed by atoms with Gasteiger partial charge >= 0.3 is 6.18 Å². The summed E-state index contributed by atoms with van der Waals surface area (Å²) < 4.78 is 49.4. The largest absolute Gasteiger partial charge is 0.486 e. The Hall–Kier alpha value is -2.10. The highest BCUT2D eigenvalue weighted by Crippen LogP contribution is 2.35. The van der Waals surface area contributed by atoms with Crippen molar-refractivity contribution in [2.75, 3.05) is 36.6 Å². The number of benzene rings is 1. The molecule has 0 aliphatic carbocycles. The van der Waals surface area contributed by atoms with E-state index in [1.165, 1.54) is 6.92 Å². The van der Waals surface area contributed by atoms with Crippen molar-refractivity contribution in [1.29, 1.82) is 0 Å². The van der Waals surface area contributed by atoms with E-state index in [0.717, 1.165) is 11.8 Å². The van der Waals surface area contributed by atoms with Crippen LogP contribution < -0.4 is 14.8 Å². The van der Waals surface area contributed by atoms with E-state index >= 15 is 0 Å². The fourth-order valence-corrected chi connectivity index (χ4v) is 3.90. The second kappa shape index (κ2) is 6.90. The molecule has 0 saturated carbocycles. The van der Waals surface area contributed by atoms with Crippen molar-refractivity contribution in [3.05, 3.63) is 18.2 Å². The van der Waals surface area contributed by atoms with Crippen molar-refractivity contribution < 1.29 is 32.2 Å². The van der Waals surface area contributed by atoms with Crippen LogP contribution >= 0.6 is 11.8 Å². The van der Waals surface area contributed by atoms with Gasteiger partial charge in [0.25, 0.3) is 5.91 Å². The summed E-state index contributed by atoms with van der Waals surface area (Å²) in [5, 5.41) is 2.59. The molecule has 2 aliphatic rings. The number of fused-ring (bicyclic) bond motifs is 1. The van der Waals surface area contributed by atoms with Gasteiger partial charge in [0, 0.05) is 17.5 Å². The Bertz CT molecular complexity index is 728. The molecule has 26 heavy (non-hydrogen) atoms. The number of carbonyl (C=O) groups is 2. The van der Waals surface area contributed by atoms with Crippen molar-refractivity contribution in [3.63, 3.8) is 0 Å². The molecular formula is C16H17F3N2O4S. The summed E-state index contributed by atoms with van der Waals surface area (Å²) >= 11 is 1.14. The minimum atomic E-state index is -4.59. The number of halogens is 3. The van der Waals surface area contributed by atoms with Crippen molar-refractivity contribution in [2.45, 2.75) is 18.6 Å². The van der Waals surface area contributed by atoms with Gasteiger partial charge in [0.15, 0.2) is 11.5 Å². The predicted octanol–water partition coefficient (Wildman–Crippen LogP) is 2.29. The number of carbonyl (C=O) groups excluding carboxylic acids is 2. The van der Waals surface area contributed by atoms with Crippen LogP contribution in [0.1, 0.15) is 6.92 Å². The smallest absolute Gasteiger partial charge is 0.406 e. The molecule has 0 aromatic heterocycles. The van der Waals surface area contributed by atoms with Crippen LogP contribution in [0.15, 0.2) is 18.2 Å². The Labute approximate surface area is 152 Å². The molecule has 1 atom stereocenters. The molecule has 1 N–H and O–H groups in total. The van der Waals surface area contributed by atoms with Gasteiger partial charge in [0.05, 0.1) is 5.75 Å².